The highest BCUT2D eigenvalue weighted by molar-refractivity contribution is 5.96. The molecule has 5 nitrogen and oxygen atoms in total. The molecule has 0 aromatic rings. The van der Waals surface area contributed by atoms with Crippen molar-refractivity contribution in [2.75, 3.05) is 0 Å². The number of carbonyl (C=O) groups excluding carboxylic acids is 1. The molecule has 2 aliphatic rings. The Labute approximate surface area is 87.8 Å². The fourth-order valence-corrected chi connectivity index (χ4v) is 2.21. The number of fused-ring (bicyclic) bond motifs is 2. The predicted molar refractivity (Wildman–Crippen MR) is 51.2 cm³/mol. The van der Waals surface area contributed by atoms with E-state index in [9.17, 15) is 9.59 Å². The van der Waals surface area contributed by atoms with Crippen molar-refractivity contribution >= 4 is 11.9 Å². The zero-order valence-corrected chi connectivity index (χ0v) is 8.60. The maximum atomic E-state index is 11.5. The van der Waals surface area contributed by atoms with Gasteiger partial charge in [0.2, 0.25) is 5.91 Å². The average molecular weight is 213 g/mol. The smallest absolute Gasteiger partial charge is 0.315 e. The van der Waals surface area contributed by atoms with Crippen LogP contribution in [0.2, 0.25) is 0 Å². The molecule has 84 valence electrons. The second-order valence-electron chi connectivity index (χ2n) is 4.28. The Morgan fingerprint density at radius 2 is 2.20 bits per heavy atom. The Kier molecular flexibility index (Phi) is 2.65. The van der Waals surface area contributed by atoms with Gasteiger partial charge in [-0.05, 0) is 26.2 Å². The second kappa shape index (κ2) is 3.81. The molecule has 2 heterocycles. The number of carboxylic acid groups (broad SMARTS) is 1. The second-order valence-corrected chi connectivity index (χ2v) is 4.28. The van der Waals surface area contributed by atoms with Crippen molar-refractivity contribution < 1.29 is 19.4 Å². The van der Waals surface area contributed by atoms with Gasteiger partial charge in [0.1, 0.15) is 5.92 Å². The molecule has 2 bridgehead atoms. The number of hydrogen-bond acceptors (Lipinski definition) is 3. The van der Waals surface area contributed by atoms with Crippen molar-refractivity contribution in [3.8, 4) is 0 Å². The number of aliphatic carboxylic acids is 1. The van der Waals surface area contributed by atoms with Crippen molar-refractivity contribution in [2.24, 2.45) is 5.92 Å². The summed E-state index contributed by atoms with van der Waals surface area (Å²) in [6, 6.07) is 0.0121. The molecule has 0 spiro atoms. The van der Waals surface area contributed by atoms with E-state index in [1.165, 1.54) is 6.92 Å². The highest BCUT2D eigenvalue weighted by Crippen LogP contribution is 2.34. The highest BCUT2D eigenvalue weighted by atomic mass is 16.5. The monoisotopic (exact) mass is 213 g/mol. The summed E-state index contributed by atoms with van der Waals surface area (Å²) in [6.45, 7) is 1.39. The summed E-state index contributed by atoms with van der Waals surface area (Å²) in [7, 11) is 0. The summed E-state index contributed by atoms with van der Waals surface area (Å²) < 4.78 is 5.56. The van der Waals surface area contributed by atoms with E-state index in [1.54, 1.807) is 0 Å². The SMILES string of the molecule is CC(C(=O)O)C(=O)NC1CC2CCC1O2. The fraction of sp³-hybridized carbons (Fsp3) is 0.800. The molecule has 0 aromatic carbocycles. The van der Waals surface area contributed by atoms with Crippen molar-refractivity contribution in [1.29, 1.82) is 0 Å². The normalized spacial score (nSPS) is 35.1. The Morgan fingerprint density at radius 1 is 1.47 bits per heavy atom. The quantitative estimate of drug-likeness (QED) is 0.654. The Morgan fingerprint density at radius 3 is 2.67 bits per heavy atom. The Hall–Kier alpha value is -1.10. The van der Waals surface area contributed by atoms with E-state index in [0.29, 0.717) is 0 Å². The Balaban J connectivity index is 1.87. The summed E-state index contributed by atoms with van der Waals surface area (Å²) in [5.74, 6) is -2.48. The van der Waals surface area contributed by atoms with Gasteiger partial charge in [0.05, 0.1) is 18.2 Å². The van der Waals surface area contributed by atoms with Gasteiger partial charge in [-0.3, -0.25) is 9.59 Å². The van der Waals surface area contributed by atoms with Crippen molar-refractivity contribution in [2.45, 2.75) is 44.4 Å². The van der Waals surface area contributed by atoms with Crippen LogP contribution in [0.1, 0.15) is 26.2 Å². The molecule has 15 heavy (non-hydrogen) atoms. The van der Waals surface area contributed by atoms with E-state index in [1.807, 2.05) is 0 Å². The van der Waals surface area contributed by atoms with Crippen molar-refractivity contribution in [3.05, 3.63) is 0 Å². The zero-order valence-electron chi connectivity index (χ0n) is 8.60. The van der Waals surface area contributed by atoms with Gasteiger partial charge < -0.3 is 15.2 Å². The van der Waals surface area contributed by atoms with Gasteiger partial charge in [-0.15, -0.1) is 0 Å². The van der Waals surface area contributed by atoms with E-state index < -0.39 is 17.8 Å². The van der Waals surface area contributed by atoms with Crippen molar-refractivity contribution in [1.82, 2.24) is 5.32 Å². The average Bonchev–Trinajstić information content (AvgIpc) is 2.77. The number of carbonyl (C=O) groups is 2. The van der Waals surface area contributed by atoms with Crippen LogP contribution in [0.25, 0.3) is 0 Å². The molecule has 5 heteroatoms. The maximum Gasteiger partial charge on any atom is 0.315 e. The predicted octanol–water partition coefficient (Wildman–Crippen LogP) is 0.143. The van der Waals surface area contributed by atoms with Gasteiger partial charge in [-0.2, -0.15) is 0 Å². The number of carboxylic acids is 1. The molecule has 4 unspecified atom stereocenters. The van der Waals surface area contributed by atoms with Gasteiger partial charge >= 0.3 is 5.97 Å². The van der Waals surface area contributed by atoms with Crippen LogP contribution in [-0.4, -0.2) is 35.2 Å². The molecule has 4 atom stereocenters. The van der Waals surface area contributed by atoms with Crippen LogP contribution in [0.5, 0.6) is 0 Å². The molecular weight excluding hydrogens is 198 g/mol. The number of nitrogens with one attached hydrogen (secondary N) is 1. The molecule has 1 amide bonds. The molecule has 2 rings (SSSR count). The van der Waals surface area contributed by atoms with Crippen LogP contribution in [-0.2, 0) is 14.3 Å². The molecule has 2 saturated heterocycles. The van der Waals surface area contributed by atoms with Gasteiger partial charge in [0.15, 0.2) is 0 Å². The third-order valence-corrected chi connectivity index (χ3v) is 3.20. The molecule has 0 saturated carbocycles. The van der Waals surface area contributed by atoms with Crippen LogP contribution >= 0.6 is 0 Å². The highest BCUT2D eigenvalue weighted by Gasteiger charge is 2.42. The summed E-state index contributed by atoms with van der Waals surface area (Å²) >= 11 is 0. The van der Waals surface area contributed by atoms with Gasteiger partial charge in [0.25, 0.3) is 0 Å². The fourth-order valence-electron chi connectivity index (χ4n) is 2.21. The minimum atomic E-state index is -1.09. The molecule has 2 aliphatic heterocycles. The van der Waals surface area contributed by atoms with Gasteiger partial charge in [-0.25, -0.2) is 0 Å². The minimum Gasteiger partial charge on any atom is -0.481 e. The molecule has 2 N–H and O–H groups in total. The molecule has 0 radical (unpaired) electrons. The molecule has 2 fully saturated rings. The van der Waals surface area contributed by atoms with Crippen LogP contribution in [0.4, 0.5) is 0 Å². The van der Waals surface area contributed by atoms with Gasteiger partial charge in [0, 0.05) is 0 Å². The summed E-state index contributed by atoms with van der Waals surface area (Å²) in [5, 5.41) is 11.4. The van der Waals surface area contributed by atoms with Crippen molar-refractivity contribution in [3.63, 3.8) is 0 Å². The third-order valence-electron chi connectivity index (χ3n) is 3.20. The number of ether oxygens (including phenoxy) is 1. The van der Waals surface area contributed by atoms with E-state index >= 15 is 0 Å². The third kappa shape index (κ3) is 1.97. The first-order chi connectivity index (χ1) is 7.08. The Bertz CT molecular complexity index is 291. The number of rotatable bonds is 3. The van der Waals surface area contributed by atoms with E-state index in [-0.39, 0.29) is 18.2 Å². The lowest BCUT2D eigenvalue weighted by Gasteiger charge is -2.21. The molecule has 0 aliphatic carbocycles. The maximum absolute atomic E-state index is 11.5. The van der Waals surface area contributed by atoms with E-state index in [2.05, 4.69) is 5.32 Å². The largest absolute Gasteiger partial charge is 0.481 e. The topological polar surface area (TPSA) is 75.6 Å². The number of amides is 1. The van der Waals surface area contributed by atoms with Gasteiger partial charge in [-0.1, -0.05) is 0 Å². The molecule has 0 aromatic heterocycles. The van der Waals surface area contributed by atoms with E-state index in [4.69, 9.17) is 9.84 Å². The first-order valence-corrected chi connectivity index (χ1v) is 5.26. The summed E-state index contributed by atoms with van der Waals surface area (Å²) in [6.07, 6.45) is 3.21. The summed E-state index contributed by atoms with van der Waals surface area (Å²) in [5.41, 5.74) is 0. The zero-order chi connectivity index (χ0) is 11.0. The van der Waals surface area contributed by atoms with Crippen LogP contribution in [0.15, 0.2) is 0 Å². The van der Waals surface area contributed by atoms with E-state index in [0.717, 1.165) is 19.3 Å². The summed E-state index contributed by atoms with van der Waals surface area (Å²) in [4.78, 5) is 22.1. The lowest BCUT2D eigenvalue weighted by atomic mass is 9.95. The lowest BCUT2D eigenvalue weighted by Crippen LogP contribution is -2.45. The minimum absolute atomic E-state index is 0.0121. The number of hydrogen-bond donors (Lipinski definition) is 2. The lowest BCUT2D eigenvalue weighted by molar-refractivity contribution is -0.146. The first kappa shape index (κ1) is 10.4. The van der Waals surface area contributed by atoms with Crippen LogP contribution in [0, 0.1) is 5.92 Å². The standard InChI is InChI=1S/C10H15NO4/c1-5(10(13)14)9(12)11-7-4-6-2-3-8(7)15-6/h5-8H,2-4H2,1H3,(H,11,12)(H,13,14). The van der Waals surface area contributed by atoms with Crippen LogP contribution in [0.3, 0.4) is 0 Å². The van der Waals surface area contributed by atoms with Crippen LogP contribution < -0.4 is 5.32 Å². The first-order valence-electron chi connectivity index (χ1n) is 5.26. The molecular formula is C10H15NO4.